The van der Waals surface area contributed by atoms with E-state index in [1.54, 1.807) is 11.9 Å². The maximum atomic E-state index is 10.8. The first-order valence-corrected chi connectivity index (χ1v) is 3.12. The summed E-state index contributed by atoms with van der Waals surface area (Å²) in [4.78, 5) is 12.4. The van der Waals surface area contributed by atoms with Crippen molar-refractivity contribution >= 4 is 5.91 Å². The minimum atomic E-state index is -0.395. The summed E-state index contributed by atoms with van der Waals surface area (Å²) in [6.07, 6.45) is 0.632. The molecule has 1 atom stereocenters. The smallest absolute Gasteiger partial charge is 0.224 e. The Morgan fingerprint density at radius 2 is 2.44 bits per heavy atom. The van der Waals surface area contributed by atoms with Gasteiger partial charge in [-0.1, -0.05) is 0 Å². The summed E-state index contributed by atoms with van der Waals surface area (Å²) in [6.45, 7) is 0.694. The van der Waals surface area contributed by atoms with Crippen molar-refractivity contribution in [3.63, 3.8) is 0 Å². The van der Waals surface area contributed by atoms with Crippen molar-refractivity contribution in [1.82, 2.24) is 4.90 Å². The number of likely N-dealkylation sites (tertiary alicyclic amines) is 1. The topological polar surface area (TPSA) is 40.5 Å². The number of hydrogen-bond donors (Lipinski definition) is 1. The molecule has 0 aromatic carbocycles. The van der Waals surface area contributed by atoms with Gasteiger partial charge in [0.2, 0.25) is 5.91 Å². The van der Waals surface area contributed by atoms with Crippen LogP contribution in [0, 0.1) is 0 Å². The molecule has 0 unspecified atom stereocenters. The molecule has 1 heterocycles. The molecule has 1 aliphatic heterocycles. The van der Waals surface area contributed by atoms with Crippen molar-refractivity contribution in [3.8, 4) is 0 Å². The van der Waals surface area contributed by atoms with Gasteiger partial charge in [0.15, 0.2) is 0 Å². The van der Waals surface area contributed by atoms with Gasteiger partial charge in [-0.15, -0.1) is 0 Å². The molecule has 1 rings (SSSR count). The van der Waals surface area contributed by atoms with Crippen LogP contribution >= 0.6 is 0 Å². The zero-order valence-corrected chi connectivity index (χ0v) is 5.50. The Morgan fingerprint density at radius 1 is 1.78 bits per heavy atom. The quantitative estimate of drug-likeness (QED) is 0.483. The van der Waals surface area contributed by atoms with Gasteiger partial charge < -0.3 is 10.0 Å². The molecule has 1 amide bonds. The van der Waals surface area contributed by atoms with E-state index in [1.165, 1.54) is 0 Å². The Labute approximate surface area is 54.3 Å². The van der Waals surface area contributed by atoms with Crippen LogP contribution in [0.4, 0.5) is 0 Å². The van der Waals surface area contributed by atoms with Gasteiger partial charge in [0, 0.05) is 13.6 Å². The normalized spacial score (nSPS) is 28.9. The van der Waals surface area contributed by atoms with Crippen molar-refractivity contribution in [1.29, 1.82) is 0 Å². The fraction of sp³-hybridized carbons (Fsp3) is 0.833. The highest BCUT2D eigenvalue weighted by Crippen LogP contribution is 2.08. The average Bonchev–Trinajstić information content (AvgIpc) is 1.80. The summed E-state index contributed by atoms with van der Waals surface area (Å²) in [5, 5.41) is 8.95. The third-order valence-corrected chi connectivity index (χ3v) is 1.63. The van der Waals surface area contributed by atoms with Crippen LogP contribution in [-0.4, -0.2) is 35.6 Å². The second kappa shape index (κ2) is 2.35. The van der Waals surface area contributed by atoms with Crippen LogP contribution in [0.15, 0.2) is 0 Å². The van der Waals surface area contributed by atoms with E-state index >= 15 is 0 Å². The number of hydrogen-bond acceptors (Lipinski definition) is 2. The van der Waals surface area contributed by atoms with E-state index in [4.69, 9.17) is 5.11 Å². The molecular formula is C6H11NO2. The van der Waals surface area contributed by atoms with Gasteiger partial charge in [0.1, 0.15) is 0 Å². The zero-order valence-electron chi connectivity index (χ0n) is 5.50. The Bertz CT molecular complexity index is 124. The molecule has 1 fully saturated rings. The molecule has 0 aromatic heterocycles. The van der Waals surface area contributed by atoms with Crippen LogP contribution in [0.5, 0.6) is 0 Å². The maximum Gasteiger partial charge on any atom is 0.224 e. The maximum absolute atomic E-state index is 10.8. The van der Waals surface area contributed by atoms with Crippen LogP contribution in [0.2, 0.25) is 0 Å². The summed E-state index contributed by atoms with van der Waals surface area (Å²) in [7, 11) is 1.76. The fourth-order valence-corrected chi connectivity index (χ4v) is 0.927. The lowest BCUT2D eigenvalue weighted by molar-refractivity contribution is -0.135. The molecule has 1 aliphatic rings. The number of aliphatic hydroxyl groups is 1. The first-order chi connectivity index (χ1) is 4.20. The third-order valence-electron chi connectivity index (χ3n) is 1.63. The van der Waals surface area contributed by atoms with Gasteiger partial charge in [-0.05, 0) is 6.42 Å². The second-order valence-corrected chi connectivity index (χ2v) is 2.46. The molecule has 1 N–H and O–H groups in total. The van der Waals surface area contributed by atoms with Crippen LogP contribution in [-0.2, 0) is 4.79 Å². The van der Waals surface area contributed by atoms with Crippen LogP contribution in [0.1, 0.15) is 12.8 Å². The van der Waals surface area contributed by atoms with Gasteiger partial charge in [0.05, 0.1) is 12.5 Å². The molecular weight excluding hydrogens is 118 g/mol. The van der Waals surface area contributed by atoms with E-state index in [9.17, 15) is 4.79 Å². The third kappa shape index (κ3) is 1.42. The Hall–Kier alpha value is -0.570. The minimum Gasteiger partial charge on any atom is -0.393 e. The molecule has 0 aromatic rings. The van der Waals surface area contributed by atoms with Gasteiger partial charge in [-0.3, -0.25) is 4.79 Å². The lowest BCUT2D eigenvalue weighted by atomic mass is 10.1. The monoisotopic (exact) mass is 129 g/mol. The van der Waals surface area contributed by atoms with Gasteiger partial charge in [-0.2, -0.15) is 0 Å². The highest BCUT2D eigenvalue weighted by atomic mass is 16.3. The number of nitrogens with zero attached hydrogens (tertiary/aromatic N) is 1. The van der Waals surface area contributed by atoms with Gasteiger partial charge >= 0.3 is 0 Å². The largest absolute Gasteiger partial charge is 0.393 e. The molecule has 9 heavy (non-hydrogen) atoms. The molecule has 0 spiro atoms. The second-order valence-electron chi connectivity index (χ2n) is 2.46. The van der Waals surface area contributed by atoms with Crippen molar-refractivity contribution in [2.75, 3.05) is 13.6 Å². The van der Waals surface area contributed by atoms with Gasteiger partial charge in [0.25, 0.3) is 0 Å². The van der Waals surface area contributed by atoms with E-state index in [0.29, 0.717) is 13.0 Å². The SMILES string of the molecule is CN1CC[C@H](O)CC1=O. The average molecular weight is 129 g/mol. The van der Waals surface area contributed by atoms with Crippen molar-refractivity contribution in [2.24, 2.45) is 0 Å². The molecule has 0 radical (unpaired) electrons. The Balaban J connectivity index is 2.44. The lowest BCUT2D eigenvalue weighted by Crippen LogP contribution is -2.37. The molecule has 52 valence electrons. The van der Waals surface area contributed by atoms with Crippen molar-refractivity contribution in [2.45, 2.75) is 18.9 Å². The van der Waals surface area contributed by atoms with Gasteiger partial charge in [-0.25, -0.2) is 0 Å². The van der Waals surface area contributed by atoms with Crippen molar-refractivity contribution < 1.29 is 9.90 Å². The zero-order chi connectivity index (χ0) is 6.85. The molecule has 0 saturated carbocycles. The lowest BCUT2D eigenvalue weighted by Gasteiger charge is -2.25. The summed E-state index contributed by atoms with van der Waals surface area (Å²) >= 11 is 0. The van der Waals surface area contributed by atoms with Crippen LogP contribution in [0.3, 0.4) is 0 Å². The van der Waals surface area contributed by atoms with E-state index in [-0.39, 0.29) is 5.91 Å². The van der Waals surface area contributed by atoms with E-state index < -0.39 is 6.10 Å². The number of amides is 1. The molecule has 0 bridgehead atoms. The number of carbonyl (C=O) groups excluding carboxylic acids is 1. The van der Waals surface area contributed by atoms with Crippen LogP contribution < -0.4 is 0 Å². The first kappa shape index (κ1) is 6.55. The standard InChI is InChI=1S/C6H11NO2/c1-7-3-2-5(8)4-6(7)9/h5,8H,2-4H2,1H3/t5-/m0/s1. The number of rotatable bonds is 0. The minimum absolute atomic E-state index is 0.0498. The number of carbonyl (C=O) groups is 1. The molecule has 3 nitrogen and oxygen atoms in total. The Kier molecular flexibility index (Phi) is 1.71. The highest BCUT2D eigenvalue weighted by molar-refractivity contribution is 5.77. The predicted molar refractivity (Wildman–Crippen MR) is 32.9 cm³/mol. The summed E-state index contributed by atoms with van der Waals surface area (Å²) in [5.41, 5.74) is 0. The Morgan fingerprint density at radius 3 is 2.89 bits per heavy atom. The number of aliphatic hydroxyl groups excluding tert-OH is 1. The van der Waals surface area contributed by atoms with Crippen molar-refractivity contribution in [3.05, 3.63) is 0 Å². The fourth-order valence-electron chi connectivity index (χ4n) is 0.927. The highest BCUT2D eigenvalue weighted by Gasteiger charge is 2.20. The summed E-state index contributed by atoms with van der Waals surface area (Å²) < 4.78 is 0. The molecule has 1 saturated heterocycles. The summed E-state index contributed by atoms with van der Waals surface area (Å²) in [5.74, 6) is 0.0498. The van der Waals surface area contributed by atoms with Crippen LogP contribution in [0.25, 0.3) is 0 Å². The van der Waals surface area contributed by atoms with E-state index in [1.807, 2.05) is 0 Å². The van der Waals surface area contributed by atoms with E-state index in [2.05, 4.69) is 0 Å². The number of piperidine rings is 1. The summed E-state index contributed by atoms with van der Waals surface area (Å²) in [6, 6.07) is 0. The van der Waals surface area contributed by atoms with E-state index in [0.717, 1.165) is 6.42 Å². The predicted octanol–water partition coefficient (Wildman–Crippen LogP) is -0.401. The molecule has 3 heteroatoms. The molecule has 0 aliphatic carbocycles. The first-order valence-electron chi connectivity index (χ1n) is 3.12.